The Morgan fingerprint density at radius 2 is 1.96 bits per heavy atom. The molecule has 1 saturated heterocycles. The van der Waals surface area contributed by atoms with Gasteiger partial charge in [-0.25, -0.2) is 4.98 Å². The van der Waals surface area contributed by atoms with Gasteiger partial charge in [0.25, 0.3) is 0 Å². The molecule has 1 N–H and O–H groups in total. The predicted molar refractivity (Wildman–Crippen MR) is 93.7 cm³/mol. The van der Waals surface area contributed by atoms with E-state index in [4.69, 9.17) is 0 Å². The van der Waals surface area contributed by atoms with Gasteiger partial charge in [0.2, 0.25) is 5.91 Å². The van der Waals surface area contributed by atoms with Crippen LogP contribution in [0.4, 0.5) is 19.0 Å². The Hall–Kier alpha value is -2.30. The lowest BCUT2D eigenvalue weighted by molar-refractivity contribution is -0.137. The van der Waals surface area contributed by atoms with Crippen LogP contribution < -0.4 is 10.2 Å². The number of carbonyl (C=O) groups is 1. The van der Waals surface area contributed by atoms with Crippen molar-refractivity contribution in [3.8, 4) is 6.07 Å². The maximum absolute atomic E-state index is 12.6. The van der Waals surface area contributed by atoms with Gasteiger partial charge in [0.15, 0.2) is 0 Å². The number of hydrogen-bond acceptors (Lipinski definition) is 4. The Balaban J connectivity index is 1.50. The van der Waals surface area contributed by atoms with Gasteiger partial charge in [-0.2, -0.15) is 18.4 Å². The summed E-state index contributed by atoms with van der Waals surface area (Å²) in [4.78, 5) is 18.2. The molecule has 0 spiro atoms. The molecule has 1 aromatic rings. The van der Waals surface area contributed by atoms with E-state index in [1.807, 2.05) is 4.90 Å². The second kappa shape index (κ2) is 7.75. The Morgan fingerprint density at radius 3 is 2.48 bits per heavy atom. The Labute approximate surface area is 156 Å². The zero-order valence-electron chi connectivity index (χ0n) is 15.1. The summed E-state index contributed by atoms with van der Waals surface area (Å²) in [5.74, 6) is 0.334. The van der Waals surface area contributed by atoms with E-state index in [2.05, 4.69) is 16.4 Å². The van der Waals surface area contributed by atoms with E-state index in [0.29, 0.717) is 38.3 Å². The van der Waals surface area contributed by atoms with Crippen LogP contribution in [0.2, 0.25) is 0 Å². The highest BCUT2D eigenvalue weighted by atomic mass is 19.4. The molecule has 1 aliphatic heterocycles. The fourth-order valence-corrected chi connectivity index (χ4v) is 3.89. The third-order valence-corrected chi connectivity index (χ3v) is 5.66. The van der Waals surface area contributed by atoms with Crippen LogP contribution >= 0.6 is 0 Å². The molecule has 0 bridgehead atoms. The maximum Gasteiger partial charge on any atom is 0.417 e. The van der Waals surface area contributed by atoms with Crippen LogP contribution in [0.3, 0.4) is 0 Å². The zero-order chi connectivity index (χ0) is 19.5. The van der Waals surface area contributed by atoms with Crippen molar-refractivity contribution in [1.29, 1.82) is 5.26 Å². The molecule has 27 heavy (non-hydrogen) atoms. The number of pyridine rings is 1. The number of hydrogen-bond donors (Lipinski definition) is 1. The molecule has 2 aliphatic rings. The Bertz CT molecular complexity index is 697. The summed E-state index contributed by atoms with van der Waals surface area (Å²) in [6, 6.07) is 4.77. The first-order chi connectivity index (χ1) is 12.8. The molecule has 0 aromatic carbocycles. The van der Waals surface area contributed by atoms with Crippen LogP contribution in [0.1, 0.15) is 44.1 Å². The highest BCUT2D eigenvalue weighted by molar-refractivity contribution is 5.79. The largest absolute Gasteiger partial charge is 0.417 e. The van der Waals surface area contributed by atoms with E-state index in [0.717, 1.165) is 37.9 Å². The van der Waals surface area contributed by atoms with Gasteiger partial charge >= 0.3 is 6.18 Å². The molecule has 0 atom stereocenters. The number of amides is 1. The normalized spacial score (nSPS) is 20.3. The van der Waals surface area contributed by atoms with Crippen molar-refractivity contribution < 1.29 is 18.0 Å². The van der Waals surface area contributed by atoms with Crippen LogP contribution in [0.25, 0.3) is 0 Å². The van der Waals surface area contributed by atoms with Crippen molar-refractivity contribution >= 4 is 11.7 Å². The number of piperidine rings is 1. The number of carbonyl (C=O) groups excluding carboxylic acids is 1. The highest BCUT2D eigenvalue weighted by Gasteiger charge is 2.35. The Morgan fingerprint density at radius 1 is 1.30 bits per heavy atom. The maximum atomic E-state index is 12.6. The van der Waals surface area contributed by atoms with Gasteiger partial charge in [-0.1, -0.05) is 12.8 Å². The minimum absolute atomic E-state index is 0.0310. The lowest BCUT2D eigenvalue weighted by Crippen LogP contribution is -2.43. The van der Waals surface area contributed by atoms with Gasteiger partial charge in [0.1, 0.15) is 5.82 Å². The topological polar surface area (TPSA) is 69.0 Å². The first-order valence-electron chi connectivity index (χ1n) is 9.30. The second-order valence-electron chi connectivity index (χ2n) is 7.48. The van der Waals surface area contributed by atoms with Crippen molar-refractivity contribution in [3.63, 3.8) is 0 Å². The predicted octanol–water partition coefficient (Wildman–Crippen LogP) is 3.52. The van der Waals surface area contributed by atoms with Crippen molar-refractivity contribution in [1.82, 2.24) is 10.3 Å². The fraction of sp³-hybridized carbons (Fsp3) is 0.632. The lowest BCUT2D eigenvalue weighted by atomic mass is 9.87. The van der Waals surface area contributed by atoms with E-state index >= 15 is 0 Å². The lowest BCUT2D eigenvalue weighted by Gasteiger charge is -2.32. The van der Waals surface area contributed by atoms with Crippen molar-refractivity contribution in [3.05, 3.63) is 23.9 Å². The van der Waals surface area contributed by atoms with E-state index in [1.54, 1.807) is 0 Å². The van der Waals surface area contributed by atoms with Crippen molar-refractivity contribution in [2.45, 2.75) is 44.7 Å². The minimum Gasteiger partial charge on any atom is -0.357 e. The molecule has 0 unspecified atom stereocenters. The van der Waals surface area contributed by atoms with Gasteiger partial charge in [-0.3, -0.25) is 4.79 Å². The molecular weight excluding hydrogens is 357 g/mol. The minimum atomic E-state index is -4.39. The summed E-state index contributed by atoms with van der Waals surface area (Å²) < 4.78 is 37.9. The first kappa shape index (κ1) is 19.5. The van der Waals surface area contributed by atoms with Crippen molar-refractivity contribution in [2.24, 2.45) is 11.3 Å². The number of aromatic nitrogens is 1. The molecule has 3 rings (SSSR count). The zero-order valence-corrected chi connectivity index (χ0v) is 15.1. The molecule has 1 amide bonds. The summed E-state index contributed by atoms with van der Waals surface area (Å²) in [7, 11) is 0. The number of rotatable bonds is 4. The van der Waals surface area contributed by atoms with Crippen molar-refractivity contribution in [2.75, 3.05) is 24.5 Å². The average molecular weight is 380 g/mol. The standard InChI is InChI=1S/C19H23F3N4O/c20-19(21,22)15-3-4-16(24-11-15)26-9-5-14(6-10-26)17(27)25-13-18(12-23)7-1-2-8-18/h3-4,11,14H,1-2,5-10,13H2,(H,25,27). The van der Waals surface area contributed by atoms with Crippen LogP contribution in [-0.4, -0.2) is 30.5 Å². The molecule has 146 valence electrons. The van der Waals surface area contributed by atoms with Crippen LogP contribution in [0.5, 0.6) is 0 Å². The first-order valence-corrected chi connectivity index (χ1v) is 9.30. The van der Waals surface area contributed by atoms with Crippen LogP contribution in [-0.2, 0) is 11.0 Å². The number of nitriles is 1. The Kier molecular flexibility index (Phi) is 5.59. The van der Waals surface area contributed by atoms with Crippen LogP contribution in [0.15, 0.2) is 18.3 Å². The summed E-state index contributed by atoms with van der Waals surface area (Å²) >= 11 is 0. The fourth-order valence-electron chi connectivity index (χ4n) is 3.89. The summed E-state index contributed by atoms with van der Waals surface area (Å²) in [5.41, 5.74) is -1.18. The smallest absolute Gasteiger partial charge is 0.357 e. The van der Waals surface area contributed by atoms with Gasteiger partial charge in [0.05, 0.1) is 17.0 Å². The monoisotopic (exact) mass is 380 g/mol. The third kappa shape index (κ3) is 4.52. The number of alkyl halides is 3. The molecule has 1 aliphatic carbocycles. The van der Waals surface area contributed by atoms with Gasteiger partial charge in [-0.15, -0.1) is 0 Å². The van der Waals surface area contributed by atoms with E-state index in [-0.39, 0.29) is 11.8 Å². The van der Waals surface area contributed by atoms with E-state index in [1.165, 1.54) is 6.07 Å². The number of anilines is 1. The molecule has 2 heterocycles. The molecule has 2 fully saturated rings. The van der Waals surface area contributed by atoms with E-state index < -0.39 is 17.2 Å². The third-order valence-electron chi connectivity index (χ3n) is 5.66. The van der Waals surface area contributed by atoms with Gasteiger partial charge in [-0.05, 0) is 37.8 Å². The van der Waals surface area contributed by atoms with Crippen LogP contribution in [0, 0.1) is 22.7 Å². The average Bonchev–Trinajstić information content (AvgIpc) is 3.15. The summed E-state index contributed by atoms with van der Waals surface area (Å²) in [6.07, 6.45) is 1.42. The number of nitrogens with one attached hydrogen (secondary N) is 1. The molecule has 0 radical (unpaired) electrons. The van der Waals surface area contributed by atoms with Gasteiger partial charge < -0.3 is 10.2 Å². The highest BCUT2D eigenvalue weighted by Crippen LogP contribution is 2.37. The summed E-state index contributed by atoms with van der Waals surface area (Å²) in [5, 5.41) is 12.3. The van der Waals surface area contributed by atoms with Gasteiger partial charge in [0, 0.05) is 31.7 Å². The number of halogens is 3. The molecule has 1 aromatic heterocycles. The summed E-state index contributed by atoms with van der Waals surface area (Å²) in [6.45, 7) is 1.54. The molecule has 5 nitrogen and oxygen atoms in total. The molecule has 8 heteroatoms. The number of nitrogens with zero attached hydrogens (tertiary/aromatic N) is 3. The second-order valence-corrected chi connectivity index (χ2v) is 7.48. The molecular formula is C19H23F3N4O. The SMILES string of the molecule is N#CC1(CNC(=O)C2CCN(c3ccc(C(F)(F)F)cn3)CC2)CCCC1. The van der Waals surface area contributed by atoms with E-state index in [9.17, 15) is 23.2 Å². The quantitative estimate of drug-likeness (QED) is 0.868. The molecule has 1 saturated carbocycles.